The fraction of sp³-hybridized carbons (Fsp3) is 0.0385. The zero-order valence-corrected chi connectivity index (χ0v) is 24.1. The Morgan fingerprint density at radius 1 is 0.703 bits per heavy atom. The molecule has 37 heavy (non-hydrogen) atoms. The van der Waals surface area contributed by atoms with Crippen LogP contribution in [0.15, 0.2) is 128 Å². The summed E-state index contributed by atoms with van der Waals surface area (Å²) in [6.45, 7) is 1.55. The normalized spacial score (nSPS) is 13.2. The van der Waals surface area contributed by atoms with Crippen molar-refractivity contribution in [3.8, 4) is 0 Å². The van der Waals surface area contributed by atoms with Crippen LogP contribution in [0.1, 0.15) is 17.3 Å². The predicted molar refractivity (Wildman–Crippen MR) is 139 cm³/mol. The van der Waals surface area contributed by atoms with Crippen molar-refractivity contribution in [1.82, 2.24) is 0 Å². The zero-order valence-electron chi connectivity index (χ0n) is 19.1. The molecule has 0 spiro atoms. The molecule has 0 unspecified atom stereocenters. The summed E-state index contributed by atoms with van der Waals surface area (Å²) in [5.74, 6) is 0.0201. The molecule has 0 heterocycles. The van der Waals surface area contributed by atoms with E-state index in [2.05, 4.69) is 84.9 Å². The van der Waals surface area contributed by atoms with E-state index in [4.69, 9.17) is 11.6 Å². The summed E-state index contributed by atoms with van der Waals surface area (Å²) in [7, 11) is -0.155. The number of ketones is 1. The van der Waals surface area contributed by atoms with Gasteiger partial charge in [0.1, 0.15) is 0 Å². The van der Waals surface area contributed by atoms with Crippen LogP contribution in [0.25, 0.3) is 0 Å². The molecule has 0 radical (unpaired) electrons. The average Bonchev–Trinajstić information content (AvgIpc) is 2.81. The van der Waals surface area contributed by atoms with Crippen LogP contribution in [0.3, 0.4) is 0 Å². The quantitative estimate of drug-likeness (QED) is 0.0872. The molecule has 0 amide bonds. The van der Waals surface area contributed by atoms with E-state index in [1.54, 1.807) is 24.8 Å². The second-order valence-electron chi connectivity index (χ2n) is 7.67. The first-order valence-electron chi connectivity index (χ1n) is 10.6. The molecular formula is C26H20ClF6OS2Sb. The van der Waals surface area contributed by atoms with Crippen LogP contribution in [-0.4, -0.2) is 25.3 Å². The van der Waals surface area contributed by atoms with Gasteiger partial charge in [0, 0.05) is 15.4 Å². The van der Waals surface area contributed by atoms with Gasteiger partial charge in [0.05, 0.1) is 15.9 Å². The molecule has 196 valence electrons. The van der Waals surface area contributed by atoms with Crippen molar-refractivity contribution in [2.45, 2.75) is 31.4 Å². The molecule has 0 fully saturated rings. The van der Waals surface area contributed by atoms with Gasteiger partial charge in [-0.05, 0) is 67.6 Å². The second-order valence-corrected chi connectivity index (χ2v) is 16.7. The summed E-state index contributed by atoms with van der Waals surface area (Å²) in [5, 5.41) is 0.602. The van der Waals surface area contributed by atoms with Gasteiger partial charge in [0.2, 0.25) is 0 Å². The number of Topliss-reactive ketones (excluding diaryl/α,β-unsaturated/α-hetero) is 1. The monoisotopic (exact) mass is 682 g/mol. The Labute approximate surface area is 225 Å². The molecule has 0 aliphatic heterocycles. The standard InChI is InChI=1S/C26H20ClOS2.6FH.Sb/c1-19(28)20-12-17-26(25(27)18-20)29-21-13-15-24(16-14-21)30(22-8-4-2-5-9-22)23-10-6-3-7-11-23;;;;;;;/h2-18H,1H3;6*1H;/q+1;;;;;;;+5/p-6. The van der Waals surface area contributed by atoms with Crippen LogP contribution in [0.5, 0.6) is 0 Å². The van der Waals surface area contributed by atoms with E-state index in [-0.39, 0.29) is 16.7 Å². The second kappa shape index (κ2) is 11.0. The van der Waals surface area contributed by atoms with Crippen molar-refractivity contribution >= 4 is 59.5 Å². The van der Waals surface area contributed by atoms with E-state index >= 15 is 0 Å². The van der Waals surface area contributed by atoms with Crippen molar-refractivity contribution in [2.24, 2.45) is 0 Å². The van der Waals surface area contributed by atoms with E-state index in [9.17, 15) is 21.7 Å². The Kier molecular flexibility index (Phi) is 8.74. The van der Waals surface area contributed by atoms with Crippen LogP contribution in [0.4, 0.5) is 16.9 Å². The summed E-state index contributed by atoms with van der Waals surface area (Å²) in [6, 6.07) is 35.4. The SMILES string of the molecule is CC(=O)c1ccc(Sc2ccc([S+](c3ccccc3)c3ccccc3)cc2)c(Cl)c1.[F][Sb-]([F])([F])([F])([F])[F]. The molecular weight excluding hydrogens is 664 g/mol. The Balaban J connectivity index is 0.000000479. The molecule has 0 aliphatic carbocycles. The fourth-order valence-corrected chi connectivity index (χ4v) is 6.29. The van der Waals surface area contributed by atoms with E-state index in [0.717, 1.165) is 9.79 Å². The number of hydrogen-bond acceptors (Lipinski definition) is 2. The summed E-state index contributed by atoms with van der Waals surface area (Å²) in [5.41, 5.74) is 0.634. The molecule has 0 aliphatic rings. The van der Waals surface area contributed by atoms with E-state index in [1.807, 2.05) is 12.1 Å². The number of carbonyl (C=O) groups is 1. The van der Waals surface area contributed by atoms with E-state index in [0.29, 0.717) is 10.6 Å². The summed E-state index contributed by atoms with van der Waals surface area (Å²) < 4.78 is 59.6. The maximum atomic E-state index is 11.5. The molecule has 0 N–H and O–H groups in total. The average molecular weight is 684 g/mol. The number of hydrogen-bond donors (Lipinski definition) is 0. The van der Waals surface area contributed by atoms with Crippen LogP contribution in [0.2, 0.25) is 5.02 Å². The van der Waals surface area contributed by atoms with Gasteiger partial charge in [-0.25, -0.2) is 0 Å². The number of benzene rings is 4. The molecule has 0 atom stereocenters. The molecule has 1 nitrogen and oxygen atoms in total. The molecule has 0 saturated heterocycles. The van der Waals surface area contributed by atoms with Crippen molar-refractivity contribution in [3.05, 3.63) is 114 Å². The van der Waals surface area contributed by atoms with Gasteiger partial charge in [0.15, 0.2) is 20.5 Å². The van der Waals surface area contributed by atoms with Gasteiger partial charge in [-0.1, -0.05) is 65.8 Å². The summed E-state index contributed by atoms with van der Waals surface area (Å²) in [6.07, 6.45) is 0. The molecule has 4 aromatic carbocycles. The van der Waals surface area contributed by atoms with Crippen molar-refractivity contribution in [1.29, 1.82) is 0 Å². The number of rotatable bonds is 6. The maximum absolute atomic E-state index is 11.5. The van der Waals surface area contributed by atoms with E-state index < -0.39 is 19.5 Å². The third kappa shape index (κ3) is 10.7. The molecule has 4 aromatic rings. The molecule has 0 saturated carbocycles. The van der Waals surface area contributed by atoms with Gasteiger partial charge in [0.25, 0.3) is 0 Å². The van der Waals surface area contributed by atoms with Crippen molar-refractivity contribution in [3.63, 3.8) is 0 Å². The minimum absolute atomic E-state index is 0.0201. The Hall–Kier alpha value is -2.06. The first-order valence-corrected chi connectivity index (χ1v) is 18.8. The van der Waals surface area contributed by atoms with Crippen molar-refractivity contribution < 1.29 is 21.7 Å². The third-order valence-corrected chi connectivity index (χ3v) is 8.32. The first kappa shape index (κ1) is 29.5. The fourth-order valence-electron chi connectivity index (χ4n) is 3.09. The predicted octanol–water partition coefficient (Wildman–Crippen LogP) is 9.93. The Bertz CT molecular complexity index is 1320. The van der Waals surface area contributed by atoms with Gasteiger partial charge >= 0.3 is 36.4 Å². The van der Waals surface area contributed by atoms with Crippen LogP contribution >= 0.6 is 23.4 Å². The van der Waals surface area contributed by atoms with Crippen LogP contribution < -0.4 is 0 Å². The molecule has 0 bridgehead atoms. The van der Waals surface area contributed by atoms with Crippen LogP contribution in [-0.2, 0) is 10.9 Å². The topological polar surface area (TPSA) is 17.1 Å². The number of halogens is 7. The minimum atomic E-state index is -11.2. The Morgan fingerprint density at radius 3 is 1.54 bits per heavy atom. The van der Waals surface area contributed by atoms with Crippen molar-refractivity contribution in [2.75, 3.05) is 0 Å². The third-order valence-electron chi connectivity index (χ3n) is 4.58. The van der Waals surface area contributed by atoms with Gasteiger partial charge < -0.3 is 0 Å². The van der Waals surface area contributed by atoms with Crippen LogP contribution in [0, 0.1) is 0 Å². The zero-order chi connectivity index (χ0) is 27.3. The molecule has 11 heteroatoms. The summed E-state index contributed by atoms with van der Waals surface area (Å²) >= 11 is -3.25. The van der Waals surface area contributed by atoms with Gasteiger partial charge in [-0.2, -0.15) is 0 Å². The molecule has 0 aromatic heterocycles. The molecule has 4 rings (SSSR count). The summed E-state index contributed by atoms with van der Waals surface area (Å²) in [4.78, 5) is 17.5. The van der Waals surface area contributed by atoms with E-state index in [1.165, 1.54) is 14.7 Å². The number of carbonyl (C=O) groups excluding carboxylic acids is 1. The first-order chi connectivity index (χ1) is 17.1. The van der Waals surface area contributed by atoms with Gasteiger partial charge in [-0.15, -0.1) is 0 Å². The Morgan fingerprint density at radius 2 is 1.14 bits per heavy atom. The van der Waals surface area contributed by atoms with Gasteiger partial charge in [-0.3, -0.25) is 4.79 Å².